The number of hydrogen-bond acceptors (Lipinski definition) is 5. The van der Waals surface area contributed by atoms with Crippen molar-refractivity contribution >= 4 is 17.5 Å². The highest BCUT2D eigenvalue weighted by atomic mass is 19.1. The summed E-state index contributed by atoms with van der Waals surface area (Å²) < 4.78 is 29.6. The van der Waals surface area contributed by atoms with E-state index in [0.29, 0.717) is 11.4 Å². The maximum absolute atomic E-state index is 13.8. The maximum Gasteiger partial charge on any atom is 0.389 e. The number of aryl methyl sites for hydroxylation is 1. The molecule has 0 aliphatic heterocycles. The average Bonchev–Trinajstić information content (AvgIpc) is 3.20. The number of aromatic nitrogens is 4. The van der Waals surface area contributed by atoms with Crippen molar-refractivity contribution in [1.29, 1.82) is 0 Å². The van der Waals surface area contributed by atoms with Crippen molar-refractivity contribution in [1.82, 2.24) is 19.6 Å². The van der Waals surface area contributed by atoms with Crippen LogP contribution in [0.5, 0.6) is 0 Å². The Labute approximate surface area is 151 Å². The van der Waals surface area contributed by atoms with Crippen LogP contribution in [0.3, 0.4) is 0 Å². The summed E-state index contributed by atoms with van der Waals surface area (Å²) in [5.41, 5.74) is 0.697. The molecule has 3 rings (SSSR count). The zero-order valence-electron chi connectivity index (χ0n) is 14.1. The summed E-state index contributed by atoms with van der Waals surface area (Å²) >= 11 is 0. The van der Waals surface area contributed by atoms with Gasteiger partial charge in [-0.15, -0.1) is 0 Å². The Hall–Kier alpha value is -3.63. The lowest BCUT2D eigenvalue weighted by atomic mass is 10.2. The van der Waals surface area contributed by atoms with E-state index in [9.17, 15) is 23.7 Å². The van der Waals surface area contributed by atoms with Crippen LogP contribution in [-0.4, -0.2) is 30.4 Å². The van der Waals surface area contributed by atoms with Crippen molar-refractivity contribution in [2.75, 3.05) is 5.32 Å². The lowest BCUT2D eigenvalue weighted by Gasteiger charge is -2.10. The van der Waals surface area contributed by atoms with Crippen molar-refractivity contribution in [3.05, 3.63) is 69.5 Å². The zero-order valence-corrected chi connectivity index (χ0v) is 14.1. The van der Waals surface area contributed by atoms with Gasteiger partial charge in [0, 0.05) is 11.1 Å². The van der Waals surface area contributed by atoms with E-state index in [1.165, 1.54) is 23.1 Å². The summed E-state index contributed by atoms with van der Waals surface area (Å²) in [6, 6.07) is 4.26. The lowest BCUT2D eigenvalue weighted by Crippen LogP contribution is -2.22. The van der Waals surface area contributed by atoms with E-state index in [-0.39, 0.29) is 24.5 Å². The lowest BCUT2D eigenvalue weighted by molar-refractivity contribution is -0.389. The summed E-state index contributed by atoms with van der Waals surface area (Å²) in [7, 11) is 0. The number of carbonyl (C=O) groups excluding carboxylic acids is 1. The van der Waals surface area contributed by atoms with Gasteiger partial charge in [0.15, 0.2) is 0 Å². The smallest absolute Gasteiger partial charge is 0.358 e. The first-order valence-corrected chi connectivity index (χ1v) is 7.77. The Bertz CT molecular complexity index is 1010. The second kappa shape index (κ2) is 7.32. The molecule has 2 aromatic heterocycles. The Morgan fingerprint density at radius 3 is 2.81 bits per heavy atom. The van der Waals surface area contributed by atoms with E-state index in [2.05, 4.69) is 15.5 Å². The Morgan fingerprint density at radius 1 is 1.33 bits per heavy atom. The standard InChI is InChI=1S/C16H14F2N6O3/c1-10-7-19-23(8-11-6-12(17)2-3-13(11)18)16(10)20-15(25)9-22-5-4-14(21-22)24(26)27/h2-7H,8-9H2,1H3,(H,20,25). The molecule has 1 N–H and O–H groups in total. The molecule has 0 saturated heterocycles. The van der Waals surface area contributed by atoms with Crippen LogP contribution in [0.25, 0.3) is 0 Å². The van der Waals surface area contributed by atoms with E-state index < -0.39 is 22.5 Å². The molecule has 9 nitrogen and oxygen atoms in total. The number of nitro groups is 1. The maximum atomic E-state index is 13.8. The highest BCUT2D eigenvalue weighted by Crippen LogP contribution is 2.18. The van der Waals surface area contributed by atoms with Crippen molar-refractivity contribution < 1.29 is 18.5 Å². The van der Waals surface area contributed by atoms with E-state index in [1.807, 2.05) is 0 Å². The number of anilines is 1. The molecule has 27 heavy (non-hydrogen) atoms. The fraction of sp³-hybridized carbons (Fsp3) is 0.188. The summed E-state index contributed by atoms with van der Waals surface area (Å²) in [6.45, 7) is 1.35. The fourth-order valence-electron chi connectivity index (χ4n) is 2.44. The molecule has 0 saturated carbocycles. The van der Waals surface area contributed by atoms with Gasteiger partial charge in [0.2, 0.25) is 5.91 Å². The van der Waals surface area contributed by atoms with Gasteiger partial charge in [-0.3, -0.25) is 4.79 Å². The normalized spacial score (nSPS) is 10.8. The van der Waals surface area contributed by atoms with E-state index >= 15 is 0 Å². The van der Waals surface area contributed by atoms with Gasteiger partial charge in [0.05, 0.1) is 30.1 Å². The molecule has 11 heteroatoms. The molecular weight excluding hydrogens is 362 g/mol. The summed E-state index contributed by atoms with van der Waals surface area (Å²) in [5, 5.41) is 21.0. The molecule has 140 valence electrons. The molecule has 0 bridgehead atoms. The van der Waals surface area contributed by atoms with Gasteiger partial charge in [-0.1, -0.05) is 0 Å². The topological polar surface area (TPSA) is 108 Å². The average molecular weight is 376 g/mol. The molecule has 3 aromatic rings. The van der Waals surface area contributed by atoms with E-state index in [4.69, 9.17) is 0 Å². The van der Waals surface area contributed by atoms with Gasteiger partial charge in [-0.25, -0.2) is 13.5 Å². The van der Waals surface area contributed by atoms with Crippen LogP contribution in [0.2, 0.25) is 0 Å². The van der Waals surface area contributed by atoms with E-state index in [0.717, 1.165) is 22.9 Å². The molecule has 0 aliphatic carbocycles. The molecule has 0 fully saturated rings. The fourth-order valence-corrected chi connectivity index (χ4v) is 2.44. The number of hydrogen-bond donors (Lipinski definition) is 1. The molecule has 0 aliphatic rings. The first-order chi connectivity index (χ1) is 12.8. The Balaban J connectivity index is 1.75. The van der Waals surface area contributed by atoms with Crippen LogP contribution in [0.1, 0.15) is 11.1 Å². The molecule has 0 unspecified atom stereocenters. The molecule has 0 spiro atoms. The van der Waals surface area contributed by atoms with Gasteiger partial charge in [0.1, 0.15) is 24.0 Å². The van der Waals surface area contributed by atoms with Crippen LogP contribution < -0.4 is 5.32 Å². The third-order valence-electron chi connectivity index (χ3n) is 3.73. The number of nitrogens with zero attached hydrogens (tertiary/aromatic N) is 5. The molecule has 0 atom stereocenters. The molecular formula is C16H14F2N6O3. The summed E-state index contributed by atoms with van der Waals surface area (Å²) in [5.74, 6) is -1.74. The van der Waals surface area contributed by atoms with Crippen LogP contribution >= 0.6 is 0 Å². The SMILES string of the molecule is Cc1cnn(Cc2cc(F)ccc2F)c1NC(=O)Cn1ccc([N+](=O)[O-])n1. The van der Waals surface area contributed by atoms with Crippen LogP contribution in [-0.2, 0) is 17.9 Å². The first kappa shape index (κ1) is 18.2. The van der Waals surface area contributed by atoms with E-state index in [1.54, 1.807) is 6.92 Å². The van der Waals surface area contributed by atoms with Gasteiger partial charge in [-0.2, -0.15) is 9.78 Å². The highest BCUT2D eigenvalue weighted by Gasteiger charge is 2.17. The number of amides is 1. The third-order valence-corrected chi connectivity index (χ3v) is 3.73. The van der Waals surface area contributed by atoms with Crippen molar-refractivity contribution in [3.8, 4) is 0 Å². The summed E-state index contributed by atoms with van der Waals surface area (Å²) in [4.78, 5) is 22.2. The minimum absolute atomic E-state index is 0.0799. The highest BCUT2D eigenvalue weighted by molar-refractivity contribution is 5.90. The quantitative estimate of drug-likeness (QED) is 0.524. The molecule has 1 aromatic carbocycles. The number of halogens is 2. The molecule has 1 amide bonds. The number of carbonyl (C=O) groups is 1. The molecule has 2 heterocycles. The minimum atomic E-state index is -0.666. The first-order valence-electron chi connectivity index (χ1n) is 7.77. The Morgan fingerprint density at radius 2 is 2.11 bits per heavy atom. The number of benzene rings is 1. The number of nitrogens with one attached hydrogen (secondary N) is 1. The monoisotopic (exact) mass is 376 g/mol. The predicted octanol–water partition coefficient (Wildman–Crippen LogP) is 2.26. The minimum Gasteiger partial charge on any atom is -0.358 e. The van der Waals surface area contributed by atoms with Crippen molar-refractivity contribution in [2.24, 2.45) is 0 Å². The van der Waals surface area contributed by atoms with Gasteiger partial charge >= 0.3 is 5.82 Å². The van der Waals surface area contributed by atoms with Crippen molar-refractivity contribution in [2.45, 2.75) is 20.0 Å². The van der Waals surface area contributed by atoms with Gasteiger partial charge < -0.3 is 15.4 Å². The van der Waals surface area contributed by atoms with Crippen LogP contribution in [0.4, 0.5) is 20.4 Å². The van der Waals surface area contributed by atoms with Gasteiger partial charge in [-0.05, 0) is 30.0 Å². The number of rotatable bonds is 6. The second-order valence-corrected chi connectivity index (χ2v) is 5.75. The van der Waals surface area contributed by atoms with Crippen molar-refractivity contribution in [3.63, 3.8) is 0 Å². The van der Waals surface area contributed by atoms with Crippen LogP contribution in [0.15, 0.2) is 36.7 Å². The Kier molecular flexibility index (Phi) is 4.92. The largest absolute Gasteiger partial charge is 0.389 e. The van der Waals surface area contributed by atoms with Gasteiger partial charge in [0.25, 0.3) is 0 Å². The predicted molar refractivity (Wildman–Crippen MR) is 89.9 cm³/mol. The zero-order chi connectivity index (χ0) is 19.6. The molecule has 0 radical (unpaired) electrons. The van der Waals surface area contributed by atoms with Crippen LogP contribution in [0, 0.1) is 28.7 Å². The summed E-state index contributed by atoms with van der Waals surface area (Å²) in [6.07, 6.45) is 2.79. The third kappa shape index (κ3) is 4.14. The second-order valence-electron chi connectivity index (χ2n) is 5.75.